The molecule has 0 aliphatic carbocycles. The molecule has 28 heavy (non-hydrogen) atoms. The number of hydrogen-bond donors (Lipinski definition) is 0. The lowest BCUT2D eigenvalue weighted by Gasteiger charge is -2.27. The van der Waals surface area contributed by atoms with Gasteiger partial charge in [-0.3, -0.25) is 4.79 Å². The summed E-state index contributed by atoms with van der Waals surface area (Å²) in [4.78, 5) is 14.3. The Hall–Kier alpha value is -2.29. The van der Waals surface area contributed by atoms with E-state index >= 15 is 0 Å². The number of carbonyl (C=O) groups is 1. The summed E-state index contributed by atoms with van der Waals surface area (Å²) in [7, 11) is -4.04. The van der Waals surface area contributed by atoms with Crippen LogP contribution in [0.15, 0.2) is 47.4 Å². The van der Waals surface area contributed by atoms with E-state index in [1.165, 1.54) is 10.4 Å². The predicted octanol–water partition coefficient (Wildman–Crippen LogP) is 2.44. The van der Waals surface area contributed by atoms with Gasteiger partial charge in [-0.25, -0.2) is 12.8 Å². The summed E-state index contributed by atoms with van der Waals surface area (Å²) in [5.41, 5.74) is 2.02. The fourth-order valence-electron chi connectivity index (χ4n) is 3.77. The average molecular weight is 404 g/mol. The molecule has 1 amide bonds. The molecular formula is C20H21FN2O4S. The number of para-hydroxylation sites is 1. The Labute approximate surface area is 163 Å². The van der Waals surface area contributed by atoms with Crippen LogP contribution in [0.25, 0.3) is 0 Å². The highest BCUT2D eigenvalue weighted by Gasteiger charge is 2.34. The van der Waals surface area contributed by atoms with Crippen LogP contribution in [0.4, 0.5) is 10.1 Å². The third-order valence-electron chi connectivity index (χ3n) is 5.19. The van der Waals surface area contributed by atoms with Gasteiger partial charge in [0.15, 0.2) is 0 Å². The molecule has 0 radical (unpaired) electrons. The van der Waals surface area contributed by atoms with Gasteiger partial charge in [0.1, 0.15) is 10.7 Å². The zero-order valence-electron chi connectivity index (χ0n) is 15.5. The van der Waals surface area contributed by atoms with E-state index in [0.29, 0.717) is 0 Å². The molecule has 0 N–H and O–H groups in total. The molecule has 1 atom stereocenters. The number of hydrogen-bond acceptors (Lipinski definition) is 4. The molecule has 0 spiro atoms. The van der Waals surface area contributed by atoms with Gasteiger partial charge in [0.05, 0.1) is 13.2 Å². The minimum Gasteiger partial charge on any atom is -0.379 e. The third kappa shape index (κ3) is 3.21. The Morgan fingerprint density at radius 2 is 1.86 bits per heavy atom. The summed E-state index contributed by atoms with van der Waals surface area (Å²) >= 11 is 0. The monoisotopic (exact) mass is 404 g/mol. The molecule has 2 aliphatic heterocycles. The number of sulfonamides is 1. The van der Waals surface area contributed by atoms with Gasteiger partial charge in [-0.2, -0.15) is 4.31 Å². The molecule has 0 aromatic heterocycles. The first kappa shape index (κ1) is 19.0. The molecule has 0 bridgehead atoms. The molecule has 4 rings (SSSR count). The number of morpholine rings is 1. The molecule has 2 aliphatic rings. The minimum atomic E-state index is -4.04. The summed E-state index contributed by atoms with van der Waals surface area (Å²) in [6, 6.07) is 11.1. The molecule has 148 valence electrons. The first-order valence-corrected chi connectivity index (χ1v) is 10.6. The van der Waals surface area contributed by atoms with E-state index in [-0.39, 0.29) is 43.8 Å². The number of anilines is 1. The van der Waals surface area contributed by atoms with E-state index in [2.05, 4.69) is 0 Å². The minimum absolute atomic E-state index is 0.0609. The van der Waals surface area contributed by atoms with Gasteiger partial charge in [0.2, 0.25) is 10.0 Å². The molecule has 2 aromatic rings. The zero-order chi connectivity index (χ0) is 19.9. The Balaban J connectivity index is 1.70. The fourth-order valence-corrected chi connectivity index (χ4v) is 5.27. The predicted molar refractivity (Wildman–Crippen MR) is 102 cm³/mol. The lowest BCUT2D eigenvalue weighted by atomic mass is 10.1. The SMILES string of the molecule is C[C@@H]1Cc2ccccc2N1C(=O)c1ccc(F)c(S(=O)(=O)N2CCOCC2)c1. The highest BCUT2D eigenvalue weighted by atomic mass is 32.2. The third-order valence-corrected chi connectivity index (χ3v) is 7.11. The van der Waals surface area contributed by atoms with E-state index in [0.717, 1.165) is 29.8 Å². The molecule has 1 fully saturated rings. The largest absolute Gasteiger partial charge is 0.379 e. The first-order chi connectivity index (χ1) is 13.4. The molecule has 2 heterocycles. The maximum Gasteiger partial charge on any atom is 0.258 e. The Morgan fingerprint density at radius 1 is 1.14 bits per heavy atom. The normalized spacial score (nSPS) is 20.2. The van der Waals surface area contributed by atoms with Crippen molar-refractivity contribution in [1.29, 1.82) is 0 Å². The van der Waals surface area contributed by atoms with Crippen LogP contribution in [-0.2, 0) is 21.2 Å². The van der Waals surface area contributed by atoms with Gasteiger partial charge in [-0.15, -0.1) is 0 Å². The number of carbonyl (C=O) groups excluding carboxylic acids is 1. The maximum absolute atomic E-state index is 14.4. The van der Waals surface area contributed by atoms with Gasteiger partial charge in [-0.05, 0) is 43.2 Å². The molecule has 8 heteroatoms. The van der Waals surface area contributed by atoms with Crippen molar-refractivity contribution in [3.63, 3.8) is 0 Å². The second kappa shape index (κ2) is 7.27. The smallest absolute Gasteiger partial charge is 0.258 e. The van der Waals surface area contributed by atoms with Crippen LogP contribution in [0.5, 0.6) is 0 Å². The molecule has 6 nitrogen and oxygen atoms in total. The summed E-state index contributed by atoms with van der Waals surface area (Å²) in [5.74, 6) is -1.20. The van der Waals surface area contributed by atoms with Crippen LogP contribution in [0.3, 0.4) is 0 Å². The van der Waals surface area contributed by atoms with Crippen molar-refractivity contribution in [1.82, 2.24) is 4.31 Å². The van der Waals surface area contributed by atoms with E-state index in [1.54, 1.807) is 4.90 Å². The number of nitrogens with zero attached hydrogens (tertiary/aromatic N) is 2. The van der Waals surface area contributed by atoms with Crippen molar-refractivity contribution in [2.24, 2.45) is 0 Å². The van der Waals surface area contributed by atoms with E-state index in [9.17, 15) is 17.6 Å². The van der Waals surface area contributed by atoms with Crippen LogP contribution in [0.1, 0.15) is 22.8 Å². The van der Waals surface area contributed by atoms with Crippen LogP contribution in [-0.4, -0.2) is 51.0 Å². The van der Waals surface area contributed by atoms with E-state index in [4.69, 9.17) is 4.74 Å². The molecule has 2 aromatic carbocycles. The van der Waals surface area contributed by atoms with Crippen LogP contribution >= 0.6 is 0 Å². The van der Waals surface area contributed by atoms with Crippen LogP contribution in [0.2, 0.25) is 0 Å². The van der Waals surface area contributed by atoms with Crippen molar-refractivity contribution in [3.05, 3.63) is 59.4 Å². The highest BCUT2D eigenvalue weighted by Crippen LogP contribution is 2.33. The number of ether oxygens (including phenoxy) is 1. The number of benzene rings is 2. The Kier molecular flexibility index (Phi) is 4.95. The van der Waals surface area contributed by atoms with Crippen molar-refractivity contribution < 1.29 is 22.3 Å². The van der Waals surface area contributed by atoms with Gasteiger partial charge >= 0.3 is 0 Å². The van der Waals surface area contributed by atoms with Crippen molar-refractivity contribution >= 4 is 21.6 Å². The maximum atomic E-state index is 14.4. The molecule has 1 saturated heterocycles. The topological polar surface area (TPSA) is 66.9 Å². The molecular weight excluding hydrogens is 383 g/mol. The number of fused-ring (bicyclic) bond motifs is 1. The summed E-state index contributed by atoms with van der Waals surface area (Å²) in [6.45, 7) is 2.79. The van der Waals surface area contributed by atoms with Gasteiger partial charge in [0, 0.05) is 30.4 Å². The van der Waals surface area contributed by atoms with E-state index < -0.39 is 20.7 Å². The second-order valence-electron chi connectivity index (χ2n) is 7.02. The summed E-state index contributed by atoms with van der Waals surface area (Å²) in [5, 5.41) is 0. The molecule has 0 unspecified atom stereocenters. The van der Waals surface area contributed by atoms with Gasteiger partial charge in [0.25, 0.3) is 5.91 Å². The van der Waals surface area contributed by atoms with Crippen LogP contribution in [0, 0.1) is 5.82 Å². The Bertz CT molecular complexity index is 1020. The number of amides is 1. The molecule has 0 saturated carbocycles. The lowest BCUT2D eigenvalue weighted by Crippen LogP contribution is -2.41. The van der Waals surface area contributed by atoms with Gasteiger partial charge in [-0.1, -0.05) is 18.2 Å². The van der Waals surface area contributed by atoms with Crippen molar-refractivity contribution in [3.8, 4) is 0 Å². The lowest BCUT2D eigenvalue weighted by molar-refractivity contribution is 0.0729. The summed E-state index contributed by atoms with van der Waals surface area (Å²) < 4.78 is 46.5. The zero-order valence-corrected chi connectivity index (χ0v) is 16.3. The van der Waals surface area contributed by atoms with Gasteiger partial charge < -0.3 is 9.64 Å². The standard InChI is InChI=1S/C20H21FN2O4S/c1-14-12-15-4-2-3-5-18(15)23(14)20(24)16-6-7-17(21)19(13-16)28(25,26)22-8-10-27-11-9-22/h2-7,13-14H,8-12H2,1H3/t14-/m1/s1. The van der Waals surface area contributed by atoms with Crippen molar-refractivity contribution in [2.45, 2.75) is 24.3 Å². The quantitative estimate of drug-likeness (QED) is 0.788. The average Bonchev–Trinajstić information content (AvgIpc) is 3.04. The Morgan fingerprint density at radius 3 is 2.61 bits per heavy atom. The fraction of sp³-hybridized carbons (Fsp3) is 0.350. The number of rotatable bonds is 3. The van der Waals surface area contributed by atoms with Crippen molar-refractivity contribution in [2.75, 3.05) is 31.2 Å². The van der Waals surface area contributed by atoms with E-state index in [1.807, 2.05) is 31.2 Å². The second-order valence-corrected chi connectivity index (χ2v) is 8.93. The summed E-state index contributed by atoms with van der Waals surface area (Å²) in [6.07, 6.45) is 0.724. The highest BCUT2D eigenvalue weighted by molar-refractivity contribution is 7.89. The van der Waals surface area contributed by atoms with Crippen LogP contribution < -0.4 is 4.90 Å². The number of halogens is 1. The first-order valence-electron chi connectivity index (χ1n) is 9.18.